The molecule has 0 saturated carbocycles. The second kappa shape index (κ2) is 28.1. The Balaban J connectivity index is 2.20. The monoisotopic (exact) mass is 723 g/mol. The van der Waals surface area contributed by atoms with E-state index in [4.69, 9.17) is 52.9 Å². The lowest BCUT2D eigenvalue weighted by molar-refractivity contribution is -0.149. The predicted molar refractivity (Wildman–Crippen MR) is 191 cm³/mol. The van der Waals surface area contributed by atoms with Gasteiger partial charge in [-0.15, -0.1) is 0 Å². The van der Waals surface area contributed by atoms with Crippen molar-refractivity contribution in [3.63, 3.8) is 0 Å². The SMILES string of the molecule is CC(C)(C)OC(=O)/C=C/c1ccc(/C=C/C(=O)OC(C)(C)C)c(OCCOCCOCCOCCOCCOCCOCCOCCN=[N+]=[N-])c1. The number of carbonyl (C=O) groups excluding carboxylic acids is 2. The Hall–Kier alpha value is -3.53. The normalized spacial score (nSPS) is 12.0. The van der Waals surface area contributed by atoms with Crippen LogP contribution in [0.25, 0.3) is 22.6 Å². The van der Waals surface area contributed by atoms with Crippen molar-refractivity contribution < 1.29 is 57.0 Å². The predicted octanol–water partition coefficient (Wildman–Crippen LogP) is 5.20. The maximum Gasteiger partial charge on any atom is 0.331 e. The van der Waals surface area contributed by atoms with Crippen molar-refractivity contribution in [2.24, 2.45) is 5.11 Å². The van der Waals surface area contributed by atoms with E-state index >= 15 is 0 Å². The van der Waals surface area contributed by atoms with Crippen LogP contribution in [0.1, 0.15) is 52.7 Å². The number of hydrogen-bond donors (Lipinski definition) is 0. The van der Waals surface area contributed by atoms with Crippen molar-refractivity contribution >= 4 is 24.1 Å². The molecule has 0 atom stereocenters. The number of rotatable bonds is 29. The van der Waals surface area contributed by atoms with Crippen LogP contribution in [0.3, 0.4) is 0 Å². The molecule has 15 nitrogen and oxygen atoms in total. The Morgan fingerprint density at radius 3 is 1.41 bits per heavy atom. The minimum atomic E-state index is -0.607. The summed E-state index contributed by atoms with van der Waals surface area (Å²) in [6, 6.07) is 5.37. The third-order valence-corrected chi connectivity index (χ3v) is 5.78. The zero-order valence-corrected chi connectivity index (χ0v) is 31.1. The Morgan fingerprint density at radius 2 is 1.00 bits per heavy atom. The number of ether oxygens (including phenoxy) is 10. The molecule has 288 valence electrons. The fraction of sp³-hybridized carbons (Fsp3) is 0.667. The summed E-state index contributed by atoms with van der Waals surface area (Å²) in [6.45, 7) is 17.4. The average molecular weight is 724 g/mol. The molecule has 0 fully saturated rings. The van der Waals surface area contributed by atoms with Crippen molar-refractivity contribution in [3.05, 3.63) is 51.9 Å². The molecule has 0 bridgehead atoms. The molecule has 0 aliphatic heterocycles. The molecular weight excluding hydrogens is 666 g/mol. The molecule has 0 aromatic heterocycles. The van der Waals surface area contributed by atoms with Crippen molar-refractivity contribution in [2.75, 3.05) is 106 Å². The van der Waals surface area contributed by atoms with E-state index in [2.05, 4.69) is 10.0 Å². The van der Waals surface area contributed by atoms with Crippen LogP contribution in [-0.4, -0.2) is 129 Å². The molecule has 0 radical (unpaired) electrons. The smallest absolute Gasteiger partial charge is 0.331 e. The zero-order chi connectivity index (χ0) is 37.6. The van der Waals surface area contributed by atoms with E-state index in [1.807, 2.05) is 6.07 Å². The van der Waals surface area contributed by atoms with Gasteiger partial charge in [0.1, 0.15) is 23.6 Å². The van der Waals surface area contributed by atoms with E-state index in [0.717, 1.165) is 5.56 Å². The van der Waals surface area contributed by atoms with Gasteiger partial charge in [0.15, 0.2) is 0 Å². The molecule has 0 aliphatic rings. The molecule has 0 aliphatic carbocycles. The lowest BCUT2D eigenvalue weighted by atomic mass is 10.1. The molecule has 51 heavy (non-hydrogen) atoms. The Morgan fingerprint density at radius 1 is 0.608 bits per heavy atom. The highest BCUT2D eigenvalue weighted by atomic mass is 16.6. The minimum Gasteiger partial charge on any atom is -0.491 e. The molecule has 1 aromatic carbocycles. The summed E-state index contributed by atoms with van der Waals surface area (Å²) < 4.78 is 54.8. The average Bonchev–Trinajstić information content (AvgIpc) is 3.05. The molecule has 0 spiro atoms. The molecular formula is C36H57N3O12. The van der Waals surface area contributed by atoms with Gasteiger partial charge in [-0.25, -0.2) is 9.59 Å². The highest BCUT2D eigenvalue weighted by molar-refractivity contribution is 5.89. The van der Waals surface area contributed by atoms with Crippen LogP contribution in [0.15, 0.2) is 35.5 Å². The third-order valence-electron chi connectivity index (χ3n) is 5.78. The lowest BCUT2D eigenvalue weighted by Gasteiger charge is -2.18. The second-order valence-electron chi connectivity index (χ2n) is 12.6. The van der Waals surface area contributed by atoms with Gasteiger partial charge in [-0.05, 0) is 70.9 Å². The summed E-state index contributed by atoms with van der Waals surface area (Å²) >= 11 is 0. The standard InChI is InChI=1S/C36H57N3O12/c1-35(2,3)50-33(40)11-8-30-7-9-31(10-12-34(41)51-36(4,5)6)32(29-30)49-28-27-48-26-25-47-24-23-46-22-21-45-20-19-44-18-17-43-16-15-42-14-13-38-39-37/h7-12,29H,13-28H2,1-6H3/b11-8+,12-10+. The van der Waals surface area contributed by atoms with Crippen LogP contribution >= 0.6 is 0 Å². The summed E-state index contributed by atoms with van der Waals surface area (Å²) in [6.07, 6.45) is 5.98. The molecule has 0 saturated heterocycles. The summed E-state index contributed by atoms with van der Waals surface area (Å²) in [5.41, 5.74) is 8.35. The highest BCUT2D eigenvalue weighted by Crippen LogP contribution is 2.23. The number of hydrogen-bond acceptors (Lipinski definition) is 13. The number of benzene rings is 1. The largest absolute Gasteiger partial charge is 0.491 e. The van der Waals surface area contributed by atoms with Gasteiger partial charge in [0.05, 0.1) is 92.5 Å². The Bertz CT molecular complexity index is 1200. The Labute approximate surface area is 302 Å². The summed E-state index contributed by atoms with van der Waals surface area (Å²) in [5.74, 6) is -0.406. The van der Waals surface area contributed by atoms with Gasteiger partial charge in [0.2, 0.25) is 0 Å². The third kappa shape index (κ3) is 28.8. The van der Waals surface area contributed by atoms with Gasteiger partial charge in [-0.2, -0.15) is 0 Å². The van der Waals surface area contributed by atoms with Gasteiger partial charge in [-0.1, -0.05) is 17.2 Å². The summed E-state index contributed by atoms with van der Waals surface area (Å²) in [5, 5.41) is 3.37. The molecule has 0 amide bonds. The zero-order valence-electron chi connectivity index (χ0n) is 31.1. The van der Waals surface area contributed by atoms with E-state index in [1.165, 1.54) is 12.2 Å². The van der Waals surface area contributed by atoms with E-state index in [1.54, 1.807) is 65.8 Å². The van der Waals surface area contributed by atoms with Gasteiger partial charge in [0.25, 0.3) is 0 Å². The van der Waals surface area contributed by atoms with Crippen molar-refractivity contribution in [1.29, 1.82) is 0 Å². The van der Waals surface area contributed by atoms with Crippen LogP contribution in [0.5, 0.6) is 5.75 Å². The van der Waals surface area contributed by atoms with E-state index in [0.29, 0.717) is 110 Å². The summed E-state index contributed by atoms with van der Waals surface area (Å²) in [7, 11) is 0. The van der Waals surface area contributed by atoms with E-state index < -0.39 is 23.1 Å². The molecule has 0 N–H and O–H groups in total. The number of carbonyl (C=O) groups is 2. The first-order valence-corrected chi connectivity index (χ1v) is 17.0. The first-order valence-electron chi connectivity index (χ1n) is 17.0. The first kappa shape index (κ1) is 45.5. The minimum absolute atomic E-state index is 0.256. The quantitative estimate of drug-likeness (QED) is 0.0264. The van der Waals surface area contributed by atoms with Crippen molar-refractivity contribution in [3.8, 4) is 5.75 Å². The maximum absolute atomic E-state index is 12.2. The van der Waals surface area contributed by atoms with Crippen molar-refractivity contribution in [2.45, 2.75) is 52.7 Å². The molecule has 0 heterocycles. The molecule has 1 rings (SSSR count). The Kier molecular flexibility index (Phi) is 25.1. The fourth-order valence-corrected chi connectivity index (χ4v) is 3.69. The fourth-order valence-electron chi connectivity index (χ4n) is 3.69. The number of nitrogens with zero attached hydrogens (tertiary/aromatic N) is 3. The first-order chi connectivity index (χ1) is 24.4. The van der Waals surface area contributed by atoms with Gasteiger partial charge < -0.3 is 47.4 Å². The van der Waals surface area contributed by atoms with Gasteiger partial charge in [-0.3, -0.25) is 0 Å². The number of esters is 2. The van der Waals surface area contributed by atoms with Crippen LogP contribution in [0.4, 0.5) is 0 Å². The van der Waals surface area contributed by atoms with E-state index in [-0.39, 0.29) is 6.61 Å². The summed E-state index contributed by atoms with van der Waals surface area (Å²) in [4.78, 5) is 27.0. The van der Waals surface area contributed by atoms with E-state index in [9.17, 15) is 9.59 Å². The van der Waals surface area contributed by atoms with Crippen LogP contribution < -0.4 is 4.74 Å². The van der Waals surface area contributed by atoms with Crippen LogP contribution in [0, 0.1) is 0 Å². The molecule has 0 unspecified atom stereocenters. The highest BCUT2D eigenvalue weighted by Gasteiger charge is 2.15. The topological polar surface area (TPSA) is 175 Å². The maximum atomic E-state index is 12.2. The number of azide groups is 1. The molecule has 1 aromatic rings. The van der Waals surface area contributed by atoms with Gasteiger partial charge >= 0.3 is 11.9 Å². The van der Waals surface area contributed by atoms with Gasteiger partial charge in [0, 0.05) is 29.2 Å². The lowest BCUT2D eigenvalue weighted by Crippen LogP contribution is -2.22. The molecule has 15 heteroatoms. The van der Waals surface area contributed by atoms with Crippen molar-refractivity contribution in [1.82, 2.24) is 0 Å². The van der Waals surface area contributed by atoms with Crippen LogP contribution in [-0.2, 0) is 52.2 Å². The van der Waals surface area contributed by atoms with Crippen LogP contribution in [0.2, 0.25) is 0 Å². The second-order valence-corrected chi connectivity index (χ2v) is 12.6.